The summed E-state index contributed by atoms with van der Waals surface area (Å²) in [5.74, 6) is -1.03. The number of hydrogen-bond donors (Lipinski definition) is 0. The molecule has 268 valence electrons. The van der Waals surface area contributed by atoms with Crippen LogP contribution in [0.5, 0.6) is 0 Å². The third-order valence-electron chi connectivity index (χ3n) is 7.63. The summed E-state index contributed by atoms with van der Waals surface area (Å²) in [5.41, 5.74) is 0. The first kappa shape index (κ1) is 44.3. The molecular formula is C37H65O8P-2. The van der Waals surface area contributed by atoms with Gasteiger partial charge in [-0.1, -0.05) is 134 Å². The first-order valence-corrected chi connectivity index (χ1v) is 19.7. The van der Waals surface area contributed by atoms with Gasteiger partial charge >= 0.3 is 11.9 Å². The van der Waals surface area contributed by atoms with Crippen LogP contribution in [-0.2, 0) is 28.2 Å². The fraction of sp³-hybridized carbons (Fsp3) is 0.784. The zero-order valence-corrected chi connectivity index (χ0v) is 30.0. The second kappa shape index (κ2) is 33.2. The third-order valence-corrected chi connectivity index (χ3v) is 8.10. The third kappa shape index (κ3) is 35.1. The number of ether oxygens (including phenoxy) is 2. The van der Waals surface area contributed by atoms with Crippen LogP contribution in [0, 0.1) is 0 Å². The van der Waals surface area contributed by atoms with Crippen LogP contribution >= 0.6 is 7.82 Å². The Hall–Kier alpha value is -1.73. The number of carbonyl (C=O) groups excluding carboxylic acids is 2. The lowest BCUT2D eigenvalue weighted by molar-refractivity contribution is -0.343. The number of phosphoric ester groups is 1. The molecule has 0 amide bonds. The van der Waals surface area contributed by atoms with Gasteiger partial charge in [-0.2, -0.15) is 0 Å². The van der Waals surface area contributed by atoms with Crippen molar-refractivity contribution in [2.45, 2.75) is 174 Å². The molecule has 9 heteroatoms. The van der Waals surface area contributed by atoms with E-state index in [1.807, 2.05) is 6.08 Å². The number of allylic oxidation sites excluding steroid dienone is 6. The van der Waals surface area contributed by atoms with Crippen LogP contribution in [0.1, 0.15) is 168 Å². The van der Waals surface area contributed by atoms with Crippen LogP contribution in [0.4, 0.5) is 0 Å². The van der Waals surface area contributed by atoms with Gasteiger partial charge in [0.1, 0.15) is 6.61 Å². The molecule has 0 spiro atoms. The molecule has 0 aromatic rings. The fourth-order valence-electron chi connectivity index (χ4n) is 4.88. The largest absolute Gasteiger partial charge is 0.790 e. The average molecular weight is 669 g/mol. The van der Waals surface area contributed by atoms with Gasteiger partial charge in [-0.25, -0.2) is 0 Å². The number of hydrogen-bond acceptors (Lipinski definition) is 8. The van der Waals surface area contributed by atoms with Gasteiger partial charge in [0, 0.05) is 12.8 Å². The second-order valence-electron chi connectivity index (χ2n) is 12.1. The molecule has 46 heavy (non-hydrogen) atoms. The molecule has 0 fully saturated rings. The molecule has 0 radical (unpaired) electrons. The summed E-state index contributed by atoms with van der Waals surface area (Å²) >= 11 is 0. The van der Waals surface area contributed by atoms with Crippen molar-refractivity contribution in [2.75, 3.05) is 13.2 Å². The molecule has 0 aliphatic rings. The monoisotopic (exact) mass is 668 g/mol. The Morgan fingerprint density at radius 1 is 0.565 bits per heavy atom. The molecule has 0 heterocycles. The molecule has 0 aliphatic carbocycles. The Labute approximate surface area is 281 Å². The van der Waals surface area contributed by atoms with E-state index in [0.717, 1.165) is 51.4 Å². The van der Waals surface area contributed by atoms with Gasteiger partial charge in [0.25, 0.3) is 0 Å². The Morgan fingerprint density at radius 2 is 1.02 bits per heavy atom. The van der Waals surface area contributed by atoms with Crippen LogP contribution in [0.15, 0.2) is 36.5 Å². The molecule has 0 saturated carbocycles. The summed E-state index contributed by atoms with van der Waals surface area (Å²) in [4.78, 5) is 46.3. The van der Waals surface area contributed by atoms with E-state index in [1.54, 1.807) is 0 Å². The SMILES string of the molecule is CCCCC/C=C\C/C=C\CCCCCCCC(=O)OC[C@H](COP(=O)([O-])[O-])OC(=O)CC/C=C/CCCCCCCCCCC. The molecule has 1 atom stereocenters. The first-order chi connectivity index (χ1) is 22.3. The molecule has 0 aliphatic heterocycles. The summed E-state index contributed by atoms with van der Waals surface area (Å²) in [6, 6.07) is 0. The maximum absolute atomic E-state index is 12.3. The maximum atomic E-state index is 12.3. The predicted octanol–water partition coefficient (Wildman–Crippen LogP) is 9.36. The predicted molar refractivity (Wildman–Crippen MR) is 184 cm³/mol. The lowest BCUT2D eigenvalue weighted by Crippen LogP contribution is -2.31. The molecule has 8 nitrogen and oxygen atoms in total. The summed E-state index contributed by atoms with van der Waals surface area (Å²) in [7, 11) is -5.26. The van der Waals surface area contributed by atoms with Crippen LogP contribution in [0.3, 0.4) is 0 Å². The molecule has 0 bridgehead atoms. The molecule has 0 aromatic heterocycles. The van der Waals surface area contributed by atoms with Crippen molar-refractivity contribution >= 4 is 19.8 Å². The molecular weight excluding hydrogens is 603 g/mol. The Bertz CT molecular complexity index is 848. The number of phosphoric acid groups is 1. The smallest absolute Gasteiger partial charge is 0.306 e. The number of rotatable bonds is 33. The van der Waals surface area contributed by atoms with Crippen molar-refractivity contribution in [1.29, 1.82) is 0 Å². The van der Waals surface area contributed by atoms with E-state index in [4.69, 9.17) is 9.47 Å². The van der Waals surface area contributed by atoms with E-state index in [2.05, 4.69) is 48.8 Å². The van der Waals surface area contributed by atoms with Crippen molar-refractivity contribution in [2.24, 2.45) is 0 Å². The minimum atomic E-state index is -5.26. The van der Waals surface area contributed by atoms with Gasteiger partial charge in [0.15, 0.2) is 6.10 Å². The topological polar surface area (TPSA) is 125 Å². The fourth-order valence-corrected chi connectivity index (χ4v) is 5.23. The zero-order chi connectivity index (χ0) is 34.0. The molecule has 0 unspecified atom stereocenters. The quantitative estimate of drug-likeness (QED) is 0.0293. The van der Waals surface area contributed by atoms with Crippen molar-refractivity contribution < 1.29 is 37.9 Å². The van der Waals surface area contributed by atoms with E-state index in [-0.39, 0.29) is 19.4 Å². The lowest BCUT2D eigenvalue weighted by atomic mass is 10.1. The first-order valence-electron chi connectivity index (χ1n) is 18.2. The summed E-state index contributed by atoms with van der Waals surface area (Å²) < 4.78 is 25.7. The minimum absolute atomic E-state index is 0.0943. The summed E-state index contributed by atoms with van der Waals surface area (Å²) in [6.45, 7) is 3.40. The highest BCUT2D eigenvalue weighted by atomic mass is 31.2. The van der Waals surface area contributed by atoms with Gasteiger partial charge in [0.2, 0.25) is 0 Å². The molecule has 0 saturated heterocycles. The highest BCUT2D eigenvalue weighted by Gasteiger charge is 2.18. The van der Waals surface area contributed by atoms with Gasteiger partial charge < -0.3 is 28.3 Å². The molecule has 0 rings (SSSR count). The highest BCUT2D eigenvalue weighted by Crippen LogP contribution is 2.25. The van der Waals surface area contributed by atoms with Crippen LogP contribution in [0.25, 0.3) is 0 Å². The molecule has 0 N–H and O–H groups in total. The van der Waals surface area contributed by atoms with Gasteiger partial charge in [-0.15, -0.1) is 0 Å². The number of carbonyl (C=O) groups is 2. The zero-order valence-electron chi connectivity index (χ0n) is 29.1. The van der Waals surface area contributed by atoms with Crippen molar-refractivity contribution in [1.82, 2.24) is 0 Å². The molecule has 0 aromatic carbocycles. The van der Waals surface area contributed by atoms with Crippen molar-refractivity contribution in [3.05, 3.63) is 36.5 Å². The average Bonchev–Trinajstić information content (AvgIpc) is 3.02. The summed E-state index contributed by atoms with van der Waals surface area (Å²) in [6.07, 6.45) is 36.9. The van der Waals surface area contributed by atoms with Crippen LogP contribution in [-0.4, -0.2) is 31.3 Å². The minimum Gasteiger partial charge on any atom is -0.790 e. The van der Waals surface area contributed by atoms with Gasteiger partial charge in [-0.05, 0) is 57.8 Å². The normalized spacial score (nSPS) is 12.9. The van der Waals surface area contributed by atoms with Crippen molar-refractivity contribution in [3.63, 3.8) is 0 Å². The Kier molecular flexibility index (Phi) is 31.9. The number of unbranched alkanes of at least 4 members (excludes halogenated alkanes) is 17. The second-order valence-corrected chi connectivity index (χ2v) is 13.3. The van der Waals surface area contributed by atoms with Gasteiger partial charge in [-0.3, -0.25) is 9.59 Å². The van der Waals surface area contributed by atoms with E-state index < -0.39 is 32.5 Å². The van der Waals surface area contributed by atoms with Crippen molar-refractivity contribution in [3.8, 4) is 0 Å². The van der Waals surface area contributed by atoms with Crippen LogP contribution < -0.4 is 9.79 Å². The van der Waals surface area contributed by atoms with Crippen LogP contribution in [0.2, 0.25) is 0 Å². The maximum Gasteiger partial charge on any atom is 0.306 e. The van der Waals surface area contributed by atoms with E-state index >= 15 is 0 Å². The lowest BCUT2D eigenvalue weighted by Gasteiger charge is -2.30. The standard InChI is InChI=1S/C37H67O8P/c1-3-5-7-9-11-13-15-17-18-20-21-23-25-27-29-31-36(38)43-33-35(34-44-46(40,41)42)45-37(39)32-30-28-26-24-22-19-16-14-12-10-8-6-4-2/h11,13,17-18,26,28,35H,3-10,12,14-16,19-25,27,29-34H2,1-2H3,(H2,40,41,42)/p-2/b13-11-,18-17-,28-26+/t35-/m1/s1. The van der Waals surface area contributed by atoms with Gasteiger partial charge in [0.05, 0.1) is 14.4 Å². The number of esters is 2. The Morgan fingerprint density at radius 3 is 1.59 bits per heavy atom. The Balaban J connectivity index is 4.05. The van der Waals surface area contributed by atoms with E-state index in [1.165, 1.54) is 77.0 Å². The van der Waals surface area contributed by atoms with E-state index in [0.29, 0.717) is 12.8 Å². The summed E-state index contributed by atoms with van der Waals surface area (Å²) in [5, 5.41) is 0. The van der Waals surface area contributed by atoms with E-state index in [9.17, 15) is 23.9 Å². The highest BCUT2D eigenvalue weighted by molar-refractivity contribution is 7.43.